The highest BCUT2D eigenvalue weighted by Gasteiger charge is 2.29. The summed E-state index contributed by atoms with van der Waals surface area (Å²) in [4.78, 5) is 0. The predicted molar refractivity (Wildman–Crippen MR) is 67.6 cm³/mol. The third kappa shape index (κ3) is 3.74. The molecule has 0 unspecified atom stereocenters. The molecule has 0 saturated heterocycles. The Morgan fingerprint density at radius 3 is 2.38 bits per heavy atom. The minimum atomic E-state index is 0.552. The molecule has 94 valence electrons. The van der Waals surface area contributed by atoms with Gasteiger partial charge in [-0.1, -0.05) is 25.7 Å². The van der Waals surface area contributed by atoms with Gasteiger partial charge in [-0.3, -0.25) is 0 Å². The fraction of sp³-hybridized carbons (Fsp3) is 1.00. The summed E-state index contributed by atoms with van der Waals surface area (Å²) in [5.41, 5.74) is 0. The Labute approximate surface area is 100 Å². The number of hydrogen-bond acceptors (Lipinski definition) is 2. The van der Waals surface area contributed by atoms with E-state index in [2.05, 4.69) is 12.2 Å². The maximum Gasteiger partial charge on any atom is 0.0604 e. The summed E-state index contributed by atoms with van der Waals surface area (Å²) in [5, 5.41) is 3.72. The lowest BCUT2D eigenvalue weighted by Crippen LogP contribution is -2.46. The molecule has 0 aromatic heterocycles. The maximum atomic E-state index is 5.58. The van der Waals surface area contributed by atoms with Crippen LogP contribution in [-0.2, 0) is 4.74 Å². The van der Waals surface area contributed by atoms with Crippen molar-refractivity contribution in [3.8, 4) is 0 Å². The lowest BCUT2D eigenvalue weighted by atomic mass is 9.88. The van der Waals surface area contributed by atoms with Crippen LogP contribution in [0.2, 0.25) is 0 Å². The van der Waals surface area contributed by atoms with Gasteiger partial charge in [-0.2, -0.15) is 0 Å². The van der Waals surface area contributed by atoms with Crippen molar-refractivity contribution in [1.82, 2.24) is 5.32 Å². The average Bonchev–Trinajstić information content (AvgIpc) is 2.49. The summed E-state index contributed by atoms with van der Waals surface area (Å²) in [6, 6.07) is 0.750. The largest absolute Gasteiger partial charge is 0.378 e. The first-order chi connectivity index (χ1) is 7.88. The van der Waals surface area contributed by atoms with E-state index in [-0.39, 0.29) is 0 Å². The summed E-state index contributed by atoms with van der Waals surface area (Å²) in [5.74, 6) is 0.952. The summed E-state index contributed by atoms with van der Waals surface area (Å²) in [6.45, 7) is 4.22. The second-order valence-corrected chi connectivity index (χ2v) is 5.51. The zero-order valence-corrected chi connectivity index (χ0v) is 10.7. The van der Waals surface area contributed by atoms with Gasteiger partial charge < -0.3 is 10.1 Å². The molecule has 0 heterocycles. The second-order valence-electron chi connectivity index (χ2n) is 5.51. The highest BCUT2D eigenvalue weighted by atomic mass is 16.5. The lowest BCUT2D eigenvalue weighted by molar-refractivity contribution is -0.0106. The van der Waals surface area contributed by atoms with E-state index in [1.54, 1.807) is 0 Å². The van der Waals surface area contributed by atoms with Crippen LogP contribution in [-0.4, -0.2) is 25.3 Å². The Kier molecular flexibility index (Phi) is 5.11. The van der Waals surface area contributed by atoms with Gasteiger partial charge in [0.1, 0.15) is 0 Å². The van der Waals surface area contributed by atoms with Gasteiger partial charge in [0.15, 0.2) is 0 Å². The second kappa shape index (κ2) is 6.61. The molecule has 2 aliphatic carbocycles. The molecule has 2 fully saturated rings. The fourth-order valence-corrected chi connectivity index (χ4v) is 3.01. The lowest BCUT2D eigenvalue weighted by Gasteiger charge is -2.36. The molecule has 0 bridgehead atoms. The molecule has 2 aliphatic rings. The quantitative estimate of drug-likeness (QED) is 0.726. The van der Waals surface area contributed by atoms with Gasteiger partial charge in [-0.05, 0) is 45.1 Å². The summed E-state index contributed by atoms with van der Waals surface area (Å²) in [6.07, 6.45) is 11.8. The van der Waals surface area contributed by atoms with Gasteiger partial charge in [0.25, 0.3) is 0 Å². The molecule has 0 radical (unpaired) electrons. The van der Waals surface area contributed by atoms with E-state index in [0.29, 0.717) is 6.10 Å². The van der Waals surface area contributed by atoms with E-state index in [9.17, 15) is 0 Å². The maximum absolute atomic E-state index is 5.58. The molecule has 1 N–H and O–H groups in total. The molecule has 2 nitrogen and oxygen atoms in total. The standard InChI is InChI=1S/C14H27NO/c1-2-16-14-9-13(10-14)15-11-12-7-5-3-4-6-8-12/h12-15H,2-11H2,1H3. The topological polar surface area (TPSA) is 21.3 Å². The number of hydrogen-bond donors (Lipinski definition) is 1. The van der Waals surface area contributed by atoms with E-state index in [0.717, 1.165) is 18.6 Å². The number of rotatable bonds is 5. The molecule has 0 aromatic carbocycles. The first-order valence-corrected chi connectivity index (χ1v) is 7.23. The van der Waals surface area contributed by atoms with E-state index in [1.807, 2.05) is 0 Å². The molecular formula is C14H27NO. The van der Waals surface area contributed by atoms with Crippen molar-refractivity contribution >= 4 is 0 Å². The van der Waals surface area contributed by atoms with Crippen molar-refractivity contribution in [3.05, 3.63) is 0 Å². The summed E-state index contributed by atoms with van der Waals surface area (Å²) >= 11 is 0. The molecule has 16 heavy (non-hydrogen) atoms. The molecule has 2 rings (SSSR count). The smallest absolute Gasteiger partial charge is 0.0604 e. The van der Waals surface area contributed by atoms with Crippen LogP contribution in [0.3, 0.4) is 0 Å². The molecule has 2 heteroatoms. The zero-order chi connectivity index (χ0) is 11.2. The van der Waals surface area contributed by atoms with Crippen molar-refractivity contribution in [1.29, 1.82) is 0 Å². The van der Waals surface area contributed by atoms with Gasteiger partial charge >= 0.3 is 0 Å². The molecule has 0 spiro atoms. The monoisotopic (exact) mass is 225 g/mol. The first-order valence-electron chi connectivity index (χ1n) is 7.23. The Balaban J connectivity index is 1.54. The van der Waals surface area contributed by atoms with Crippen LogP contribution in [0.25, 0.3) is 0 Å². The molecule has 0 aromatic rings. The highest BCUT2D eigenvalue weighted by molar-refractivity contribution is 4.86. The van der Waals surface area contributed by atoms with Crippen molar-refractivity contribution in [2.45, 2.75) is 70.4 Å². The number of nitrogens with one attached hydrogen (secondary N) is 1. The van der Waals surface area contributed by atoms with Gasteiger partial charge in [0.2, 0.25) is 0 Å². The Morgan fingerprint density at radius 2 is 1.75 bits per heavy atom. The first kappa shape index (κ1) is 12.4. The Bertz CT molecular complexity index is 181. The third-order valence-corrected chi connectivity index (χ3v) is 4.17. The van der Waals surface area contributed by atoms with Crippen molar-refractivity contribution in [3.63, 3.8) is 0 Å². The van der Waals surface area contributed by atoms with Crippen LogP contribution >= 0.6 is 0 Å². The van der Waals surface area contributed by atoms with Crippen LogP contribution < -0.4 is 5.32 Å². The molecule has 2 saturated carbocycles. The van der Waals surface area contributed by atoms with Crippen molar-refractivity contribution in [2.75, 3.05) is 13.2 Å². The van der Waals surface area contributed by atoms with E-state index >= 15 is 0 Å². The van der Waals surface area contributed by atoms with Crippen molar-refractivity contribution < 1.29 is 4.74 Å². The predicted octanol–water partition coefficient (Wildman–Crippen LogP) is 3.11. The van der Waals surface area contributed by atoms with Crippen LogP contribution in [0.1, 0.15) is 58.3 Å². The molecule has 0 atom stereocenters. The minimum Gasteiger partial charge on any atom is -0.378 e. The summed E-state index contributed by atoms with van der Waals surface area (Å²) < 4.78 is 5.58. The van der Waals surface area contributed by atoms with Crippen molar-refractivity contribution in [2.24, 2.45) is 5.92 Å². The molecular weight excluding hydrogens is 198 g/mol. The zero-order valence-electron chi connectivity index (χ0n) is 10.7. The highest BCUT2D eigenvalue weighted by Crippen LogP contribution is 2.25. The molecule has 0 aliphatic heterocycles. The fourth-order valence-electron chi connectivity index (χ4n) is 3.01. The summed E-state index contributed by atoms with van der Waals surface area (Å²) in [7, 11) is 0. The van der Waals surface area contributed by atoms with E-state index < -0.39 is 0 Å². The van der Waals surface area contributed by atoms with E-state index in [4.69, 9.17) is 4.74 Å². The van der Waals surface area contributed by atoms with E-state index in [1.165, 1.54) is 57.9 Å². The SMILES string of the molecule is CCOC1CC(NCC2CCCCCC2)C1. The Morgan fingerprint density at radius 1 is 1.06 bits per heavy atom. The minimum absolute atomic E-state index is 0.552. The number of ether oxygens (including phenoxy) is 1. The van der Waals surface area contributed by atoms with Gasteiger partial charge in [-0.15, -0.1) is 0 Å². The Hall–Kier alpha value is -0.0800. The van der Waals surface area contributed by atoms with Crippen LogP contribution in [0.15, 0.2) is 0 Å². The van der Waals surface area contributed by atoms with Gasteiger partial charge in [0, 0.05) is 12.6 Å². The van der Waals surface area contributed by atoms with Gasteiger partial charge in [-0.25, -0.2) is 0 Å². The van der Waals surface area contributed by atoms with Crippen LogP contribution in [0, 0.1) is 5.92 Å². The van der Waals surface area contributed by atoms with Gasteiger partial charge in [0.05, 0.1) is 6.10 Å². The third-order valence-electron chi connectivity index (χ3n) is 4.17. The van der Waals surface area contributed by atoms with Crippen LogP contribution in [0.5, 0.6) is 0 Å². The molecule has 0 amide bonds. The van der Waals surface area contributed by atoms with Crippen LogP contribution in [0.4, 0.5) is 0 Å². The average molecular weight is 225 g/mol. The normalized spacial score (nSPS) is 32.1.